The molecule has 2 N–H and O–H groups in total. The summed E-state index contributed by atoms with van der Waals surface area (Å²) in [7, 11) is 0. The van der Waals surface area contributed by atoms with E-state index in [0.717, 1.165) is 46.6 Å². The van der Waals surface area contributed by atoms with Crippen molar-refractivity contribution in [1.82, 2.24) is 20.2 Å². The van der Waals surface area contributed by atoms with Gasteiger partial charge in [0.05, 0.1) is 36.8 Å². The van der Waals surface area contributed by atoms with Gasteiger partial charge in [-0.3, -0.25) is 5.10 Å². The minimum atomic E-state index is -0.392. The number of rotatable bonds is 6. The molecule has 1 saturated heterocycles. The Morgan fingerprint density at radius 2 is 2.25 bits per heavy atom. The van der Waals surface area contributed by atoms with Gasteiger partial charge in [0.1, 0.15) is 11.0 Å². The molecule has 148 valence electrons. The molecule has 0 amide bonds. The van der Waals surface area contributed by atoms with Gasteiger partial charge >= 0.3 is 0 Å². The first-order valence-corrected chi connectivity index (χ1v) is 9.78. The molecule has 0 aromatic carbocycles. The lowest BCUT2D eigenvalue weighted by Gasteiger charge is -2.29. The summed E-state index contributed by atoms with van der Waals surface area (Å²) >= 11 is 0. The number of aryl methyl sites for hydroxylation is 1. The molecule has 4 rings (SSSR count). The zero-order valence-corrected chi connectivity index (χ0v) is 16.9. The lowest BCUT2D eigenvalue weighted by Crippen LogP contribution is -2.25. The molecule has 0 unspecified atom stereocenters. The van der Waals surface area contributed by atoms with Gasteiger partial charge in [0.15, 0.2) is 0 Å². The first-order valence-electron chi connectivity index (χ1n) is 9.78. The molecule has 0 bridgehead atoms. The van der Waals surface area contributed by atoms with Crippen molar-refractivity contribution in [2.24, 2.45) is 0 Å². The van der Waals surface area contributed by atoms with Crippen LogP contribution in [0.25, 0.3) is 11.0 Å². The molecule has 28 heavy (non-hydrogen) atoms. The van der Waals surface area contributed by atoms with E-state index < -0.39 is 5.41 Å². The summed E-state index contributed by atoms with van der Waals surface area (Å²) in [5.74, 6) is 0.667. The number of pyridine rings is 2. The Morgan fingerprint density at radius 1 is 1.39 bits per heavy atom. The van der Waals surface area contributed by atoms with Gasteiger partial charge in [-0.15, -0.1) is 0 Å². The summed E-state index contributed by atoms with van der Waals surface area (Å²) in [6.45, 7) is 10.5. The number of hydrogen-bond donors (Lipinski definition) is 2. The van der Waals surface area contributed by atoms with E-state index in [9.17, 15) is 0 Å². The molecular weight excluding hydrogens is 354 g/mol. The first kappa shape index (κ1) is 18.7. The second-order valence-corrected chi connectivity index (χ2v) is 7.76. The third kappa shape index (κ3) is 3.30. The minimum Gasteiger partial charge on any atom is -0.478 e. The van der Waals surface area contributed by atoms with Crippen LogP contribution in [0.5, 0.6) is 5.88 Å². The van der Waals surface area contributed by atoms with Gasteiger partial charge < -0.3 is 14.8 Å². The van der Waals surface area contributed by atoms with Crippen LogP contribution in [0.15, 0.2) is 24.5 Å². The number of ether oxygens (including phenoxy) is 2. The number of fused-ring (bicyclic) bond motifs is 1. The lowest BCUT2D eigenvalue weighted by molar-refractivity contribution is 0.195. The number of aromatic amines is 1. The maximum Gasteiger partial charge on any atom is 0.217 e. The third-order valence-corrected chi connectivity index (χ3v) is 5.37. The van der Waals surface area contributed by atoms with Crippen LogP contribution in [-0.4, -0.2) is 46.0 Å². The molecule has 0 radical (unpaired) electrons. The SMILES string of the molecule is CCOc1nccc(C)c1C(C)(C)c1cc(N[C@@H]2CCOC2)c2[nH]ncc2n1. The largest absolute Gasteiger partial charge is 0.478 e. The molecule has 3 aromatic rings. The fourth-order valence-corrected chi connectivity index (χ4v) is 3.90. The molecule has 7 heteroatoms. The molecule has 7 nitrogen and oxygen atoms in total. The van der Waals surface area contributed by atoms with E-state index in [-0.39, 0.29) is 0 Å². The lowest BCUT2D eigenvalue weighted by atomic mass is 9.79. The van der Waals surface area contributed by atoms with Gasteiger partial charge in [-0.05, 0) is 51.8 Å². The van der Waals surface area contributed by atoms with Crippen LogP contribution in [0.2, 0.25) is 0 Å². The summed E-state index contributed by atoms with van der Waals surface area (Å²) < 4.78 is 11.4. The Kier molecular flexibility index (Phi) is 4.93. The highest BCUT2D eigenvalue weighted by Gasteiger charge is 2.32. The number of aromatic nitrogens is 4. The average molecular weight is 381 g/mol. The fraction of sp³-hybridized carbons (Fsp3) is 0.476. The Hall–Kier alpha value is -2.67. The molecule has 1 fully saturated rings. The average Bonchev–Trinajstić information content (AvgIpc) is 3.33. The Morgan fingerprint density at radius 3 is 3.00 bits per heavy atom. The van der Waals surface area contributed by atoms with E-state index in [1.165, 1.54) is 0 Å². The maximum absolute atomic E-state index is 5.85. The summed E-state index contributed by atoms with van der Waals surface area (Å²) in [6, 6.07) is 4.43. The Labute approximate surface area is 164 Å². The molecular formula is C21H27N5O2. The topological polar surface area (TPSA) is 85.0 Å². The van der Waals surface area contributed by atoms with Crippen molar-refractivity contribution >= 4 is 16.7 Å². The predicted molar refractivity (Wildman–Crippen MR) is 109 cm³/mol. The predicted octanol–water partition coefficient (Wildman–Crippen LogP) is 3.59. The van der Waals surface area contributed by atoms with Crippen LogP contribution in [0.4, 0.5) is 5.69 Å². The van der Waals surface area contributed by atoms with E-state index in [2.05, 4.69) is 47.3 Å². The zero-order chi connectivity index (χ0) is 19.7. The third-order valence-electron chi connectivity index (χ3n) is 5.37. The standard InChI is InChI=1S/C21H27N5O2/c1-5-28-20-18(13(2)6-8-22-20)21(3,4)17-10-15(24-14-7-9-27-12-14)19-16(25-17)11-23-26-19/h6,8,10-11,14H,5,7,9,12H2,1-4H3,(H,23,26)(H,24,25)/t14-/m1/s1. The van der Waals surface area contributed by atoms with E-state index in [0.29, 0.717) is 25.1 Å². The highest BCUT2D eigenvalue weighted by Crippen LogP contribution is 2.39. The minimum absolute atomic E-state index is 0.295. The van der Waals surface area contributed by atoms with Crippen LogP contribution < -0.4 is 10.1 Å². The number of nitrogens with zero attached hydrogens (tertiary/aromatic N) is 3. The monoisotopic (exact) mass is 381 g/mol. The number of anilines is 1. The number of hydrogen-bond acceptors (Lipinski definition) is 6. The molecule has 1 aliphatic heterocycles. The van der Waals surface area contributed by atoms with Crippen molar-refractivity contribution in [2.75, 3.05) is 25.1 Å². The maximum atomic E-state index is 5.85. The highest BCUT2D eigenvalue weighted by molar-refractivity contribution is 5.87. The van der Waals surface area contributed by atoms with Gasteiger partial charge in [0.25, 0.3) is 0 Å². The smallest absolute Gasteiger partial charge is 0.217 e. The van der Waals surface area contributed by atoms with Gasteiger partial charge in [0.2, 0.25) is 5.88 Å². The van der Waals surface area contributed by atoms with Gasteiger partial charge in [-0.25, -0.2) is 9.97 Å². The van der Waals surface area contributed by atoms with Crippen LogP contribution in [-0.2, 0) is 10.2 Å². The van der Waals surface area contributed by atoms with E-state index in [1.807, 2.05) is 13.0 Å². The van der Waals surface area contributed by atoms with Crippen molar-refractivity contribution in [3.63, 3.8) is 0 Å². The van der Waals surface area contributed by atoms with Crippen LogP contribution >= 0.6 is 0 Å². The highest BCUT2D eigenvalue weighted by atomic mass is 16.5. The summed E-state index contributed by atoms with van der Waals surface area (Å²) in [5.41, 5.74) is 5.50. The van der Waals surface area contributed by atoms with Gasteiger partial charge in [-0.1, -0.05) is 0 Å². The fourth-order valence-electron chi connectivity index (χ4n) is 3.90. The van der Waals surface area contributed by atoms with E-state index in [1.54, 1.807) is 12.4 Å². The molecule has 1 atom stereocenters. The Balaban J connectivity index is 1.82. The molecule has 1 aliphatic rings. The van der Waals surface area contributed by atoms with E-state index in [4.69, 9.17) is 14.5 Å². The van der Waals surface area contributed by atoms with Crippen molar-refractivity contribution < 1.29 is 9.47 Å². The summed E-state index contributed by atoms with van der Waals surface area (Å²) in [4.78, 5) is 9.39. The zero-order valence-electron chi connectivity index (χ0n) is 16.9. The molecule has 0 saturated carbocycles. The number of H-pyrrole nitrogens is 1. The molecule has 0 aliphatic carbocycles. The molecule has 3 aromatic heterocycles. The quantitative estimate of drug-likeness (QED) is 0.679. The van der Waals surface area contributed by atoms with Crippen LogP contribution in [0.1, 0.15) is 44.0 Å². The second-order valence-electron chi connectivity index (χ2n) is 7.76. The van der Waals surface area contributed by atoms with Gasteiger partial charge in [0, 0.05) is 23.8 Å². The van der Waals surface area contributed by atoms with Crippen LogP contribution in [0, 0.1) is 6.92 Å². The Bertz CT molecular complexity index is 976. The van der Waals surface area contributed by atoms with Crippen molar-refractivity contribution in [1.29, 1.82) is 0 Å². The normalized spacial score (nSPS) is 17.2. The van der Waals surface area contributed by atoms with Crippen molar-refractivity contribution in [3.8, 4) is 5.88 Å². The first-order chi connectivity index (χ1) is 13.5. The second kappa shape index (κ2) is 7.39. The van der Waals surface area contributed by atoms with Gasteiger partial charge in [-0.2, -0.15) is 5.10 Å². The van der Waals surface area contributed by atoms with Crippen molar-refractivity contribution in [3.05, 3.63) is 41.3 Å². The summed E-state index contributed by atoms with van der Waals surface area (Å²) in [5, 5.41) is 10.9. The molecule has 0 spiro atoms. The molecule has 4 heterocycles. The van der Waals surface area contributed by atoms with E-state index >= 15 is 0 Å². The van der Waals surface area contributed by atoms with Crippen LogP contribution in [0.3, 0.4) is 0 Å². The van der Waals surface area contributed by atoms with Crippen molar-refractivity contribution in [2.45, 2.75) is 45.6 Å². The summed E-state index contributed by atoms with van der Waals surface area (Å²) in [6.07, 6.45) is 4.55. The number of nitrogens with one attached hydrogen (secondary N) is 2.